The highest BCUT2D eigenvalue weighted by Gasteiger charge is 2.37. The molecule has 19 heavy (non-hydrogen) atoms. The number of nitriles is 2. The van der Waals surface area contributed by atoms with E-state index in [2.05, 4.69) is 17.5 Å². The summed E-state index contributed by atoms with van der Waals surface area (Å²) in [5.74, 6) is -0.160. The molecule has 0 unspecified atom stereocenters. The van der Waals surface area contributed by atoms with Crippen LogP contribution in [0.4, 0.5) is 0 Å². The molecular formula is C13H21ClN4O. The van der Waals surface area contributed by atoms with E-state index in [-0.39, 0.29) is 30.4 Å². The smallest absolute Gasteiger partial charge is 0.238 e. The molecule has 0 aromatic heterocycles. The molecule has 0 aromatic carbocycles. The predicted molar refractivity (Wildman–Crippen MR) is 74.5 cm³/mol. The maximum atomic E-state index is 12.1. The second-order valence-electron chi connectivity index (χ2n) is 5.26. The van der Waals surface area contributed by atoms with Crippen LogP contribution in [0.2, 0.25) is 0 Å². The molecule has 0 aliphatic carbocycles. The molecule has 1 heterocycles. The number of nitrogens with one attached hydrogen (secondary N) is 1. The van der Waals surface area contributed by atoms with E-state index < -0.39 is 12.1 Å². The van der Waals surface area contributed by atoms with Crippen LogP contribution >= 0.6 is 12.4 Å². The minimum Gasteiger partial charge on any atom is -0.310 e. The summed E-state index contributed by atoms with van der Waals surface area (Å²) >= 11 is 0. The van der Waals surface area contributed by atoms with Gasteiger partial charge in [0.15, 0.2) is 0 Å². The number of nitrogens with zero attached hydrogens (tertiary/aromatic N) is 3. The van der Waals surface area contributed by atoms with Crippen molar-refractivity contribution in [2.45, 2.75) is 57.7 Å². The second kappa shape index (κ2) is 7.33. The summed E-state index contributed by atoms with van der Waals surface area (Å²) in [5, 5.41) is 21.2. The lowest BCUT2D eigenvalue weighted by molar-refractivity contribution is -0.131. The lowest BCUT2D eigenvalue weighted by Gasteiger charge is -2.28. The Morgan fingerprint density at radius 3 is 2.16 bits per heavy atom. The summed E-state index contributed by atoms with van der Waals surface area (Å²) in [6.45, 7) is 6.27. The van der Waals surface area contributed by atoms with Crippen molar-refractivity contribution in [3.8, 4) is 12.1 Å². The van der Waals surface area contributed by atoms with Crippen molar-refractivity contribution in [2.75, 3.05) is 6.54 Å². The molecule has 2 atom stereocenters. The van der Waals surface area contributed by atoms with Crippen LogP contribution in [0.25, 0.3) is 0 Å². The summed E-state index contributed by atoms with van der Waals surface area (Å²) in [5.41, 5.74) is -0.111. The third kappa shape index (κ3) is 4.38. The normalized spacial score (nSPS) is 22.3. The highest BCUT2D eigenvalue weighted by molar-refractivity contribution is 5.85. The summed E-state index contributed by atoms with van der Waals surface area (Å²) < 4.78 is 0. The number of carbonyl (C=O) groups is 1. The van der Waals surface area contributed by atoms with E-state index in [0.29, 0.717) is 12.8 Å². The lowest BCUT2D eigenvalue weighted by atomic mass is 10.0. The van der Waals surface area contributed by atoms with Gasteiger partial charge in [-0.25, -0.2) is 0 Å². The molecule has 1 rings (SSSR count). The maximum absolute atomic E-state index is 12.1. The average Bonchev–Trinajstić information content (AvgIpc) is 2.79. The number of likely N-dealkylation sites (tertiary alicyclic amines) is 1. The van der Waals surface area contributed by atoms with Crippen molar-refractivity contribution in [2.24, 2.45) is 0 Å². The Labute approximate surface area is 121 Å². The summed E-state index contributed by atoms with van der Waals surface area (Å²) in [6, 6.07) is 3.29. The molecular weight excluding hydrogens is 264 g/mol. The van der Waals surface area contributed by atoms with Crippen molar-refractivity contribution >= 4 is 18.3 Å². The largest absolute Gasteiger partial charge is 0.310 e. The molecule has 0 spiro atoms. The van der Waals surface area contributed by atoms with Crippen molar-refractivity contribution in [3.05, 3.63) is 0 Å². The Kier molecular flexibility index (Phi) is 6.83. The van der Waals surface area contributed by atoms with Crippen LogP contribution < -0.4 is 5.32 Å². The Morgan fingerprint density at radius 1 is 1.32 bits per heavy atom. The molecule has 1 N–H and O–H groups in total. The standard InChI is InChI=1S/C13H20N4O.ClH/c1-4-13(2,3)16-9-12(18)17-10(7-14)5-6-11(17)8-15;/h10-11,16H,4-6,9H2,1-3H3;1H/t10-,11+;. The van der Waals surface area contributed by atoms with Crippen molar-refractivity contribution in [1.82, 2.24) is 10.2 Å². The Balaban J connectivity index is 0.00000324. The number of rotatable bonds is 4. The van der Waals surface area contributed by atoms with E-state index in [1.54, 1.807) is 0 Å². The highest BCUT2D eigenvalue weighted by Crippen LogP contribution is 2.23. The molecule has 5 nitrogen and oxygen atoms in total. The lowest BCUT2D eigenvalue weighted by Crippen LogP contribution is -2.49. The average molecular weight is 285 g/mol. The summed E-state index contributed by atoms with van der Waals surface area (Å²) in [6.07, 6.45) is 2.10. The maximum Gasteiger partial charge on any atom is 0.238 e. The second-order valence-corrected chi connectivity index (χ2v) is 5.26. The first-order valence-electron chi connectivity index (χ1n) is 6.30. The van der Waals surface area contributed by atoms with Gasteiger partial charge in [0.1, 0.15) is 12.1 Å². The third-order valence-corrected chi connectivity index (χ3v) is 3.57. The van der Waals surface area contributed by atoms with E-state index in [0.717, 1.165) is 6.42 Å². The molecule has 0 bridgehead atoms. The molecule has 1 aliphatic heterocycles. The van der Waals surface area contributed by atoms with Crippen LogP contribution in [0, 0.1) is 22.7 Å². The molecule has 1 saturated heterocycles. The van der Waals surface area contributed by atoms with E-state index in [1.807, 2.05) is 20.8 Å². The Bertz CT molecular complexity index is 374. The molecule has 0 saturated carbocycles. The molecule has 1 fully saturated rings. The fourth-order valence-corrected chi connectivity index (χ4v) is 1.94. The quantitative estimate of drug-likeness (QED) is 0.850. The van der Waals surface area contributed by atoms with E-state index in [9.17, 15) is 4.79 Å². The monoisotopic (exact) mass is 284 g/mol. The van der Waals surface area contributed by atoms with E-state index >= 15 is 0 Å². The van der Waals surface area contributed by atoms with Gasteiger partial charge in [-0.3, -0.25) is 4.79 Å². The highest BCUT2D eigenvalue weighted by atomic mass is 35.5. The molecule has 1 amide bonds. The zero-order valence-electron chi connectivity index (χ0n) is 11.6. The van der Waals surface area contributed by atoms with E-state index in [1.165, 1.54) is 4.90 Å². The molecule has 0 aromatic rings. The third-order valence-electron chi connectivity index (χ3n) is 3.57. The van der Waals surface area contributed by atoms with Crippen LogP contribution in [-0.4, -0.2) is 35.0 Å². The Morgan fingerprint density at radius 2 is 1.79 bits per heavy atom. The van der Waals surface area contributed by atoms with Gasteiger partial charge in [-0.2, -0.15) is 10.5 Å². The van der Waals surface area contributed by atoms with Gasteiger partial charge in [-0.05, 0) is 33.1 Å². The number of carbonyl (C=O) groups excluding carboxylic acids is 1. The van der Waals surface area contributed by atoms with Crippen molar-refractivity contribution in [3.63, 3.8) is 0 Å². The molecule has 0 radical (unpaired) electrons. The van der Waals surface area contributed by atoms with Crippen LogP contribution in [0.1, 0.15) is 40.0 Å². The van der Waals surface area contributed by atoms with Gasteiger partial charge in [-0.1, -0.05) is 6.92 Å². The summed E-state index contributed by atoms with van der Waals surface area (Å²) in [4.78, 5) is 13.5. The van der Waals surface area contributed by atoms with Gasteiger partial charge < -0.3 is 10.2 Å². The van der Waals surface area contributed by atoms with Gasteiger partial charge in [0.05, 0.1) is 18.7 Å². The number of hydrogen-bond donors (Lipinski definition) is 1. The van der Waals surface area contributed by atoms with Gasteiger partial charge in [0, 0.05) is 5.54 Å². The van der Waals surface area contributed by atoms with Crippen LogP contribution in [0.15, 0.2) is 0 Å². The first-order chi connectivity index (χ1) is 8.45. The van der Waals surface area contributed by atoms with Crippen LogP contribution in [-0.2, 0) is 4.79 Å². The molecule has 106 valence electrons. The SMILES string of the molecule is CCC(C)(C)NCC(=O)N1[C@H](C#N)CC[C@@H]1C#N.Cl. The fraction of sp³-hybridized carbons (Fsp3) is 0.769. The molecule has 1 aliphatic rings. The number of amides is 1. The van der Waals surface area contributed by atoms with Gasteiger partial charge in [0.25, 0.3) is 0 Å². The minimum absolute atomic E-state index is 0. The Hall–Kier alpha value is -1.30. The van der Waals surface area contributed by atoms with Crippen LogP contribution in [0.5, 0.6) is 0 Å². The predicted octanol–water partition coefficient (Wildman–Crippen LogP) is 1.59. The van der Waals surface area contributed by atoms with E-state index in [4.69, 9.17) is 10.5 Å². The van der Waals surface area contributed by atoms with Gasteiger partial charge in [0.2, 0.25) is 5.91 Å². The zero-order chi connectivity index (χ0) is 13.8. The first-order valence-corrected chi connectivity index (χ1v) is 6.30. The van der Waals surface area contributed by atoms with Crippen molar-refractivity contribution in [1.29, 1.82) is 10.5 Å². The number of halogens is 1. The topological polar surface area (TPSA) is 79.9 Å². The van der Waals surface area contributed by atoms with Crippen LogP contribution in [0.3, 0.4) is 0 Å². The van der Waals surface area contributed by atoms with Gasteiger partial charge in [-0.15, -0.1) is 12.4 Å². The first kappa shape index (κ1) is 17.7. The summed E-state index contributed by atoms with van der Waals surface area (Å²) in [7, 11) is 0. The van der Waals surface area contributed by atoms with Gasteiger partial charge >= 0.3 is 0 Å². The zero-order valence-corrected chi connectivity index (χ0v) is 12.5. The molecule has 6 heteroatoms. The minimum atomic E-state index is -0.450. The number of hydrogen-bond acceptors (Lipinski definition) is 4. The van der Waals surface area contributed by atoms with Crippen molar-refractivity contribution < 1.29 is 4.79 Å². The fourth-order valence-electron chi connectivity index (χ4n) is 1.94.